The Kier molecular flexibility index (Phi) is 5.86. The molecule has 2 amide bonds. The summed E-state index contributed by atoms with van der Waals surface area (Å²) >= 11 is 0. The van der Waals surface area contributed by atoms with Crippen LogP contribution in [0.5, 0.6) is 11.5 Å². The minimum Gasteiger partial charge on any atom is -0.486 e. The summed E-state index contributed by atoms with van der Waals surface area (Å²) in [6, 6.07) is 18.9. The van der Waals surface area contributed by atoms with Crippen molar-refractivity contribution < 1.29 is 23.5 Å². The van der Waals surface area contributed by atoms with E-state index < -0.39 is 5.91 Å². The zero-order chi connectivity index (χ0) is 23.5. The lowest BCUT2D eigenvalue weighted by atomic mass is 10.0. The van der Waals surface area contributed by atoms with Crippen LogP contribution in [-0.2, 0) is 11.2 Å². The zero-order valence-corrected chi connectivity index (χ0v) is 18.2. The second-order valence-electron chi connectivity index (χ2n) is 7.89. The van der Waals surface area contributed by atoms with Gasteiger partial charge in [-0.3, -0.25) is 20.4 Å². The van der Waals surface area contributed by atoms with Gasteiger partial charge >= 0.3 is 0 Å². The fourth-order valence-electron chi connectivity index (χ4n) is 4.01. The van der Waals surface area contributed by atoms with Crippen LogP contribution in [-0.4, -0.2) is 30.0 Å². The molecule has 1 aliphatic heterocycles. The molecule has 0 atom stereocenters. The molecule has 1 aromatic heterocycles. The smallest absolute Gasteiger partial charge is 0.269 e. The Hall–Kier alpha value is -4.33. The van der Waals surface area contributed by atoms with Crippen LogP contribution in [0.4, 0.5) is 4.39 Å². The molecular weight excluding hydrogens is 437 g/mol. The first-order valence-electron chi connectivity index (χ1n) is 10.9. The fourth-order valence-corrected chi connectivity index (χ4v) is 4.01. The fraction of sp³-hybridized carbons (Fsp3) is 0.154. The van der Waals surface area contributed by atoms with Crippen molar-refractivity contribution in [3.05, 3.63) is 83.7 Å². The van der Waals surface area contributed by atoms with E-state index in [1.165, 1.54) is 12.1 Å². The molecular formula is C26H22FN3O4. The maximum atomic E-state index is 13.4. The molecule has 2 heterocycles. The summed E-state index contributed by atoms with van der Waals surface area (Å²) < 4.78 is 24.4. The van der Waals surface area contributed by atoms with Crippen LogP contribution in [0.1, 0.15) is 22.3 Å². The number of halogens is 1. The number of hydrazine groups is 1. The third kappa shape index (κ3) is 4.43. The summed E-state index contributed by atoms with van der Waals surface area (Å²) in [5.74, 6) is -0.0133. The van der Waals surface area contributed by atoms with E-state index >= 15 is 0 Å². The molecule has 0 saturated heterocycles. The predicted octanol–water partition coefficient (Wildman–Crippen LogP) is 4.14. The Morgan fingerprint density at radius 1 is 0.912 bits per heavy atom. The lowest BCUT2D eigenvalue weighted by molar-refractivity contribution is -0.121. The van der Waals surface area contributed by atoms with E-state index in [0.717, 1.165) is 27.7 Å². The number of benzene rings is 3. The van der Waals surface area contributed by atoms with E-state index in [-0.39, 0.29) is 18.1 Å². The van der Waals surface area contributed by atoms with Crippen LogP contribution < -0.4 is 20.3 Å². The highest BCUT2D eigenvalue weighted by atomic mass is 19.1. The number of carbonyl (C=O) groups is 2. The van der Waals surface area contributed by atoms with E-state index in [2.05, 4.69) is 15.8 Å². The van der Waals surface area contributed by atoms with Crippen molar-refractivity contribution in [1.29, 1.82) is 0 Å². The molecule has 0 bridgehead atoms. The summed E-state index contributed by atoms with van der Waals surface area (Å²) in [6.45, 7) is 0.885. The van der Waals surface area contributed by atoms with E-state index in [9.17, 15) is 14.0 Å². The number of para-hydroxylation sites is 1. The van der Waals surface area contributed by atoms with Gasteiger partial charge in [-0.2, -0.15) is 0 Å². The topological polar surface area (TPSA) is 92.5 Å². The molecule has 34 heavy (non-hydrogen) atoms. The second-order valence-corrected chi connectivity index (χ2v) is 7.89. The van der Waals surface area contributed by atoms with Crippen LogP contribution in [0.2, 0.25) is 0 Å². The maximum absolute atomic E-state index is 13.4. The Balaban J connectivity index is 1.26. The monoisotopic (exact) mass is 459 g/mol. The molecule has 4 aromatic rings. The summed E-state index contributed by atoms with van der Waals surface area (Å²) in [4.78, 5) is 28.3. The van der Waals surface area contributed by atoms with E-state index in [1.54, 1.807) is 30.3 Å². The molecule has 3 aromatic carbocycles. The van der Waals surface area contributed by atoms with Gasteiger partial charge in [-0.05, 0) is 66.1 Å². The van der Waals surface area contributed by atoms with E-state index in [0.29, 0.717) is 36.7 Å². The maximum Gasteiger partial charge on any atom is 0.269 e. The first-order valence-corrected chi connectivity index (χ1v) is 10.9. The van der Waals surface area contributed by atoms with Crippen molar-refractivity contribution in [2.45, 2.75) is 12.8 Å². The molecule has 172 valence electrons. The van der Waals surface area contributed by atoms with Gasteiger partial charge in [0.1, 0.15) is 19.0 Å². The highest BCUT2D eigenvalue weighted by Crippen LogP contribution is 2.32. The zero-order valence-electron chi connectivity index (χ0n) is 18.2. The van der Waals surface area contributed by atoms with Gasteiger partial charge in [0.2, 0.25) is 5.91 Å². The first kappa shape index (κ1) is 21.5. The van der Waals surface area contributed by atoms with Crippen molar-refractivity contribution in [2.24, 2.45) is 0 Å². The van der Waals surface area contributed by atoms with Gasteiger partial charge in [0.05, 0.1) is 0 Å². The number of H-pyrrole nitrogens is 1. The van der Waals surface area contributed by atoms with Crippen molar-refractivity contribution >= 4 is 22.7 Å². The molecule has 0 spiro atoms. The van der Waals surface area contributed by atoms with Crippen LogP contribution in [0.15, 0.2) is 66.7 Å². The van der Waals surface area contributed by atoms with Crippen molar-refractivity contribution in [3.63, 3.8) is 0 Å². The van der Waals surface area contributed by atoms with Crippen LogP contribution in [0, 0.1) is 5.82 Å². The molecule has 3 N–H and O–H groups in total. The average Bonchev–Trinajstić information content (AvgIpc) is 3.24. The largest absolute Gasteiger partial charge is 0.486 e. The van der Waals surface area contributed by atoms with Crippen molar-refractivity contribution in [1.82, 2.24) is 15.8 Å². The Bertz CT molecular complexity index is 1360. The Labute approximate surface area is 194 Å². The lowest BCUT2D eigenvalue weighted by Crippen LogP contribution is -2.41. The van der Waals surface area contributed by atoms with Gasteiger partial charge in [0.25, 0.3) is 5.91 Å². The van der Waals surface area contributed by atoms with Crippen molar-refractivity contribution in [2.75, 3.05) is 13.2 Å². The molecule has 0 radical (unpaired) electrons. The first-order chi connectivity index (χ1) is 16.6. The third-order valence-electron chi connectivity index (χ3n) is 5.67. The highest BCUT2D eigenvalue weighted by molar-refractivity contribution is 5.96. The van der Waals surface area contributed by atoms with Gasteiger partial charge in [-0.25, -0.2) is 4.39 Å². The summed E-state index contributed by atoms with van der Waals surface area (Å²) in [5, 5.41) is 0.995. The molecule has 1 aliphatic rings. The van der Waals surface area contributed by atoms with Gasteiger partial charge in [0, 0.05) is 28.6 Å². The van der Waals surface area contributed by atoms with E-state index in [1.807, 2.05) is 24.3 Å². The molecule has 5 rings (SSSR count). The minimum absolute atomic E-state index is 0.150. The van der Waals surface area contributed by atoms with Gasteiger partial charge in [-0.1, -0.05) is 18.2 Å². The summed E-state index contributed by atoms with van der Waals surface area (Å²) in [7, 11) is 0. The average molecular weight is 459 g/mol. The highest BCUT2D eigenvalue weighted by Gasteiger charge is 2.17. The second kappa shape index (κ2) is 9.27. The predicted molar refractivity (Wildman–Crippen MR) is 125 cm³/mol. The minimum atomic E-state index is -0.454. The lowest BCUT2D eigenvalue weighted by Gasteiger charge is -2.18. The van der Waals surface area contributed by atoms with Gasteiger partial charge < -0.3 is 14.5 Å². The number of aryl methyl sites for hydroxylation is 1. The number of fused-ring (bicyclic) bond motifs is 2. The SMILES string of the molecule is O=C(CCc1c(-c2ccc(F)cc2)[nH]c2ccccc12)NNC(=O)c1ccc2c(c1)OCCO2. The quantitative estimate of drug-likeness (QED) is 0.391. The summed E-state index contributed by atoms with van der Waals surface area (Å²) in [6.07, 6.45) is 0.583. The Morgan fingerprint density at radius 2 is 1.68 bits per heavy atom. The molecule has 0 aliphatic carbocycles. The Morgan fingerprint density at radius 3 is 2.50 bits per heavy atom. The number of aromatic amines is 1. The standard InChI is InChI=1S/C26H22FN3O4/c27-18-8-5-16(6-9-18)25-20(19-3-1-2-4-21(19)28-25)10-12-24(31)29-30-26(32)17-7-11-22-23(15-17)34-14-13-33-22/h1-9,11,15,28H,10,12-14H2,(H,29,31)(H,30,32). The number of ether oxygens (including phenoxy) is 2. The van der Waals surface area contributed by atoms with E-state index in [4.69, 9.17) is 9.47 Å². The molecule has 7 nitrogen and oxygen atoms in total. The van der Waals surface area contributed by atoms with Crippen molar-refractivity contribution in [3.8, 4) is 22.8 Å². The molecule has 0 fully saturated rings. The third-order valence-corrected chi connectivity index (χ3v) is 5.67. The van der Waals surface area contributed by atoms with Gasteiger partial charge in [-0.15, -0.1) is 0 Å². The summed E-state index contributed by atoms with van der Waals surface area (Å²) in [5.41, 5.74) is 8.82. The number of rotatable bonds is 5. The van der Waals surface area contributed by atoms with Crippen LogP contribution in [0.25, 0.3) is 22.2 Å². The van der Waals surface area contributed by atoms with Gasteiger partial charge in [0.15, 0.2) is 11.5 Å². The van der Waals surface area contributed by atoms with Crippen LogP contribution >= 0.6 is 0 Å². The number of nitrogens with one attached hydrogen (secondary N) is 3. The molecule has 0 saturated carbocycles. The number of hydrogen-bond acceptors (Lipinski definition) is 4. The number of hydrogen-bond donors (Lipinski definition) is 3. The molecule has 8 heteroatoms. The number of aromatic nitrogens is 1. The molecule has 0 unspecified atom stereocenters. The normalized spacial score (nSPS) is 12.4. The van der Waals surface area contributed by atoms with Crippen LogP contribution in [0.3, 0.4) is 0 Å². The number of carbonyl (C=O) groups excluding carboxylic acids is 2. The number of amides is 2.